The number of rotatable bonds is 2. The summed E-state index contributed by atoms with van der Waals surface area (Å²) in [6, 6.07) is 13.5. The summed E-state index contributed by atoms with van der Waals surface area (Å²) in [7, 11) is 0. The number of para-hydroxylation sites is 1. The van der Waals surface area contributed by atoms with Gasteiger partial charge in [-0.1, -0.05) is 54.6 Å². The first-order chi connectivity index (χ1) is 16.9. The lowest BCUT2D eigenvalue weighted by Crippen LogP contribution is -2.43. The first-order valence-corrected chi connectivity index (χ1v) is 12.1. The van der Waals surface area contributed by atoms with E-state index in [-0.39, 0.29) is 24.3 Å². The third-order valence-corrected chi connectivity index (χ3v) is 7.48. The van der Waals surface area contributed by atoms with Gasteiger partial charge in [0.1, 0.15) is 0 Å². The Morgan fingerprint density at radius 1 is 1.06 bits per heavy atom. The van der Waals surface area contributed by atoms with Crippen LogP contribution in [0, 0.1) is 5.92 Å². The van der Waals surface area contributed by atoms with Gasteiger partial charge in [-0.05, 0) is 60.6 Å². The second-order valence-corrected chi connectivity index (χ2v) is 9.53. The van der Waals surface area contributed by atoms with E-state index in [2.05, 4.69) is 23.2 Å². The number of allylic oxidation sites excluding steroid dienone is 4. The van der Waals surface area contributed by atoms with E-state index < -0.39 is 11.7 Å². The molecule has 2 aliphatic carbocycles. The van der Waals surface area contributed by atoms with Crippen molar-refractivity contribution < 1.29 is 18.0 Å². The molecule has 0 saturated heterocycles. The highest BCUT2D eigenvalue weighted by Gasteiger charge is 2.40. The zero-order valence-corrected chi connectivity index (χ0v) is 19.1. The zero-order valence-electron chi connectivity index (χ0n) is 19.1. The monoisotopic (exact) mass is 474 g/mol. The second-order valence-electron chi connectivity index (χ2n) is 9.53. The number of H-pyrrole nitrogens is 1. The van der Waals surface area contributed by atoms with Gasteiger partial charge in [-0.15, -0.1) is 0 Å². The van der Waals surface area contributed by atoms with Crippen LogP contribution in [0.3, 0.4) is 0 Å². The van der Waals surface area contributed by atoms with Crippen LogP contribution < -0.4 is 0 Å². The molecule has 0 radical (unpaired) electrons. The molecule has 1 N–H and O–H groups in total. The van der Waals surface area contributed by atoms with Crippen LogP contribution in [0.1, 0.15) is 51.6 Å². The quantitative estimate of drug-likeness (QED) is 0.429. The van der Waals surface area contributed by atoms with Gasteiger partial charge < -0.3 is 9.88 Å². The van der Waals surface area contributed by atoms with Crippen molar-refractivity contribution >= 4 is 22.9 Å². The standard InChI is InChI=1S/C29H25F3N2O/c30-29(31,32)22-13-11-19(12-14-22)27-26-24(23-7-3-4-8-25(23)33-26)15-16-34(27)28(35)21-10-9-18-5-1-2-6-20(18)17-21/h1,3-5,7-11,13-14,17,19,27,33H,2,6,12,15-16H2. The number of halogens is 3. The number of carbonyl (C=O) groups is 1. The van der Waals surface area contributed by atoms with E-state index in [1.165, 1.54) is 12.2 Å². The molecule has 3 nitrogen and oxygen atoms in total. The van der Waals surface area contributed by atoms with Crippen LogP contribution in [-0.2, 0) is 12.8 Å². The molecule has 1 aliphatic heterocycles. The second kappa shape index (κ2) is 8.29. The van der Waals surface area contributed by atoms with Gasteiger partial charge in [0.25, 0.3) is 5.91 Å². The Morgan fingerprint density at radius 2 is 1.91 bits per heavy atom. The Morgan fingerprint density at radius 3 is 2.71 bits per heavy atom. The number of nitrogens with one attached hydrogen (secondary N) is 1. The molecule has 1 amide bonds. The summed E-state index contributed by atoms with van der Waals surface area (Å²) in [5, 5.41) is 1.12. The molecule has 0 saturated carbocycles. The van der Waals surface area contributed by atoms with Gasteiger partial charge in [0, 0.05) is 34.6 Å². The Balaban J connectivity index is 1.40. The minimum atomic E-state index is -4.37. The first kappa shape index (κ1) is 22.0. The van der Waals surface area contributed by atoms with E-state index in [1.54, 1.807) is 6.08 Å². The van der Waals surface area contributed by atoms with Crippen LogP contribution in [0.25, 0.3) is 17.0 Å². The predicted molar refractivity (Wildman–Crippen MR) is 131 cm³/mol. The molecule has 1 aromatic heterocycles. The van der Waals surface area contributed by atoms with E-state index in [0.717, 1.165) is 46.1 Å². The molecular weight excluding hydrogens is 449 g/mol. The van der Waals surface area contributed by atoms with Crippen LogP contribution in [0.5, 0.6) is 0 Å². The topological polar surface area (TPSA) is 36.1 Å². The molecule has 35 heavy (non-hydrogen) atoms. The van der Waals surface area contributed by atoms with Crippen LogP contribution in [0.2, 0.25) is 0 Å². The highest BCUT2D eigenvalue weighted by molar-refractivity contribution is 5.96. The number of aromatic amines is 1. The third-order valence-electron chi connectivity index (χ3n) is 7.48. The Kier molecular flexibility index (Phi) is 5.20. The normalized spacial score (nSPS) is 21.6. The maximum Gasteiger partial charge on any atom is 0.416 e. The van der Waals surface area contributed by atoms with Crippen LogP contribution in [0.4, 0.5) is 13.2 Å². The molecule has 0 fully saturated rings. The number of aromatic nitrogens is 1. The molecule has 2 unspecified atom stereocenters. The molecule has 178 valence electrons. The lowest BCUT2D eigenvalue weighted by Gasteiger charge is -2.40. The highest BCUT2D eigenvalue weighted by atomic mass is 19.4. The number of aryl methyl sites for hydroxylation is 1. The van der Waals surface area contributed by atoms with Crippen molar-refractivity contribution in [2.24, 2.45) is 5.92 Å². The number of benzene rings is 2. The fraction of sp³-hybridized carbons (Fsp3) is 0.276. The number of fused-ring (bicyclic) bond motifs is 4. The summed E-state index contributed by atoms with van der Waals surface area (Å²) in [4.78, 5) is 19.2. The van der Waals surface area contributed by atoms with Crippen molar-refractivity contribution in [1.29, 1.82) is 0 Å². The molecular formula is C29H25F3N2O. The van der Waals surface area contributed by atoms with Gasteiger partial charge in [-0.2, -0.15) is 13.2 Å². The Bertz CT molecular complexity index is 1410. The molecule has 0 spiro atoms. The minimum absolute atomic E-state index is 0.0735. The van der Waals surface area contributed by atoms with Crippen LogP contribution in [0.15, 0.2) is 72.3 Å². The summed E-state index contributed by atoms with van der Waals surface area (Å²) in [6.07, 6.45) is 6.70. The molecule has 6 heteroatoms. The maximum absolute atomic E-state index is 13.9. The highest BCUT2D eigenvalue weighted by Crippen LogP contribution is 2.43. The van der Waals surface area contributed by atoms with Crippen molar-refractivity contribution in [1.82, 2.24) is 9.88 Å². The molecule has 0 bridgehead atoms. The molecule has 3 aromatic rings. The van der Waals surface area contributed by atoms with E-state index in [0.29, 0.717) is 18.5 Å². The van der Waals surface area contributed by atoms with Gasteiger partial charge >= 0.3 is 6.18 Å². The number of nitrogens with zero attached hydrogens (tertiary/aromatic N) is 1. The number of hydrogen-bond acceptors (Lipinski definition) is 1. The van der Waals surface area contributed by atoms with E-state index >= 15 is 0 Å². The molecule has 2 aromatic carbocycles. The number of amides is 1. The van der Waals surface area contributed by atoms with Crippen molar-refractivity contribution in [2.75, 3.05) is 6.54 Å². The maximum atomic E-state index is 13.9. The lowest BCUT2D eigenvalue weighted by molar-refractivity contribution is -0.0888. The molecule has 6 rings (SSSR count). The van der Waals surface area contributed by atoms with Crippen molar-refractivity contribution in [3.8, 4) is 0 Å². The summed E-state index contributed by atoms with van der Waals surface area (Å²) in [6.45, 7) is 0.523. The van der Waals surface area contributed by atoms with Crippen LogP contribution in [-0.4, -0.2) is 28.5 Å². The SMILES string of the molecule is O=C(c1ccc2c(c1)CCC=C2)N1CCc2c([nH]c3ccccc23)C1C1C=CC(C(F)(F)F)=CC1. The van der Waals surface area contributed by atoms with Crippen LogP contribution >= 0.6 is 0 Å². The summed E-state index contributed by atoms with van der Waals surface area (Å²) in [5.74, 6) is -0.326. The average molecular weight is 475 g/mol. The lowest BCUT2D eigenvalue weighted by atomic mass is 9.83. The zero-order chi connectivity index (χ0) is 24.2. The van der Waals surface area contributed by atoms with E-state index in [4.69, 9.17) is 0 Å². The third kappa shape index (κ3) is 3.81. The fourth-order valence-electron chi connectivity index (χ4n) is 5.76. The van der Waals surface area contributed by atoms with Gasteiger partial charge in [0.2, 0.25) is 0 Å². The first-order valence-electron chi connectivity index (χ1n) is 12.1. The molecule has 2 atom stereocenters. The summed E-state index contributed by atoms with van der Waals surface area (Å²) >= 11 is 0. The van der Waals surface area contributed by atoms with Crippen molar-refractivity contribution in [3.63, 3.8) is 0 Å². The van der Waals surface area contributed by atoms with Gasteiger partial charge in [0.15, 0.2) is 0 Å². The number of carbonyl (C=O) groups excluding carboxylic acids is 1. The Hall–Kier alpha value is -3.54. The Labute approximate surface area is 201 Å². The molecule has 2 heterocycles. The minimum Gasteiger partial charge on any atom is -0.356 e. The average Bonchev–Trinajstić information content (AvgIpc) is 3.26. The largest absolute Gasteiger partial charge is 0.416 e. The molecule has 3 aliphatic rings. The van der Waals surface area contributed by atoms with Crippen molar-refractivity contribution in [3.05, 3.63) is 100 Å². The number of hydrogen-bond donors (Lipinski definition) is 1. The van der Waals surface area contributed by atoms with Gasteiger partial charge in [-0.25, -0.2) is 0 Å². The predicted octanol–water partition coefficient (Wildman–Crippen LogP) is 6.93. The summed E-state index contributed by atoms with van der Waals surface area (Å²) in [5.41, 5.74) is 5.39. The smallest absolute Gasteiger partial charge is 0.356 e. The fourth-order valence-corrected chi connectivity index (χ4v) is 5.76. The van der Waals surface area contributed by atoms with Crippen molar-refractivity contribution in [2.45, 2.75) is 37.9 Å². The summed E-state index contributed by atoms with van der Waals surface area (Å²) < 4.78 is 39.8. The van der Waals surface area contributed by atoms with Gasteiger partial charge in [0.05, 0.1) is 11.6 Å². The number of alkyl halides is 3. The van der Waals surface area contributed by atoms with Gasteiger partial charge in [-0.3, -0.25) is 4.79 Å². The van der Waals surface area contributed by atoms with E-state index in [1.807, 2.05) is 41.3 Å². The van der Waals surface area contributed by atoms with E-state index in [9.17, 15) is 18.0 Å².